The first-order chi connectivity index (χ1) is 8.13. The Kier molecular flexibility index (Phi) is 5.72. The molecule has 0 aliphatic heterocycles. The number of benzene rings is 1. The molecule has 0 aliphatic rings. The second kappa shape index (κ2) is 7.09. The van der Waals surface area contributed by atoms with Crippen LogP contribution in [0.15, 0.2) is 18.2 Å². The van der Waals surface area contributed by atoms with E-state index >= 15 is 0 Å². The molecular formula is C12H14F2O3. The third kappa shape index (κ3) is 5.01. The van der Waals surface area contributed by atoms with Gasteiger partial charge >= 0.3 is 0 Å². The Bertz CT molecular complexity index is 380. The number of hydrogen-bond acceptors (Lipinski definition) is 3. The maximum atomic E-state index is 13.2. The van der Waals surface area contributed by atoms with Gasteiger partial charge in [0, 0.05) is 13.5 Å². The topological polar surface area (TPSA) is 35.5 Å². The molecule has 0 N–H and O–H groups in total. The highest BCUT2D eigenvalue weighted by Gasteiger charge is 2.09. The highest BCUT2D eigenvalue weighted by atomic mass is 19.1. The smallest absolute Gasteiger partial charge is 0.162 e. The van der Waals surface area contributed by atoms with Crippen LogP contribution in [0.2, 0.25) is 0 Å². The molecule has 5 heteroatoms. The van der Waals surface area contributed by atoms with Gasteiger partial charge < -0.3 is 9.47 Å². The van der Waals surface area contributed by atoms with Crippen LogP contribution in [0, 0.1) is 11.6 Å². The first kappa shape index (κ1) is 13.7. The number of methoxy groups -OCH3 is 1. The summed E-state index contributed by atoms with van der Waals surface area (Å²) in [5.41, 5.74) is 0.0466. The molecule has 0 aromatic heterocycles. The van der Waals surface area contributed by atoms with E-state index < -0.39 is 11.6 Å². The molecule has 0 fully saturated rings. The minimum atomic E-state index is -0.586. The highest BCUT2D eigenvalue weighted by molar-refractivity contribution is 5.82. The van der Waals surface area contributed by atoms with Crippen LogP contribution < -0.4 is 0 Å². The number of rotatable bonds is 7. The van der Waals surface area contributed by atoms with E-state index in [1.165, 1.54) is 7.11 Å². The van der Waals surface area contributed by atoms with Crippen molar-refractivity contribution in [2.24, 2.45) is 0 Å². The fourth-order valence-corrected chi connectivity index (χ4v) is 1.27. The summed E-state index contributed by atoms with van der Waals surface area (Å²) in [7, 11) is 1.52. The van der Waals surface area contributed by atoms with E-state index in [4.69, 9.17) is 9.47 Å². The Morgan fingerprint density at radius 3 is 2.76 bits per heavy atom. The lowest BCUT2D eigenvalue weighted by atomic mass is 10.1. The van der Waals surface area contributed by atoms with Crippen molar-refractivity contribution in [1.29, 1.82) is 0 Å². The molecule has 17 heavy (non-hydrogen) atoms. The third-order valence-electron chi connectivity index (χ3n) is 2.09. The fourth-order valence-electron chi connectivity index (χ4n) is 1.27. The van der Waals surface area contributed by atoms with Gasteiger partial charge in [-0.15, -0.1) is 0 Å². The van der Waals surface area contributed by atoms with Gasteiger partial charge in [-0.25, -0.2) is 8.78 Å². The third-order valence-corrected chi connectivity index (χ3v) is 2.09. The number of Topliss-reactive ketones (excluding diaryl/α,β-unsaturated/α-hetero) is 1. The van der Waals surface area contributed by atoms with Crippen LogP contribution in [0.5, 0.6) is 0 Å². The van der Waals surface area contributed by atoms with Crippen LogP contribution in [0.1, 0.15) is 5.56 Å². The molecule has 0 aliphatic carbocycles. The van der Waals surface area contributed by atoms with E-state index in [-0.39, 0.29) is 24.4 Å². The van der Waals surface area contributed by atoms with Gasteiger partial charge in [-0.2, -0.15) is 0 Å². The summed E-state index contributed by atoms with van der Waals surface area (Å²) < 4.78 is 35.7. The standard InChI is InChI=1S/C12H14F2O3/c1-16-4-5-17-8-11(15)7-9-6-10(13)2-3-12(9)14/h2-3,6H,4-5,7-8H2,1H3. The van der Waals surface area contributed by atoms with Crippen molar-refractivity contribution in [2.45, 2.75) is 6.42 Å². The van der Waals surface area contributed by atoms with Crippen molar-refractivity contribution in [2.75, 3.05) is 26.9 Å². The zero-order valence-electron chi connectivity index (χ0n) is 9.54. The molecule has 0 spiro atoms. The lowest BCUT2D eigenvalue weighted by Crippen LogP contribution is -2.14. The lowest BCUT2D eigenvalue weighted by molar-refractivity contribution is -0.123. The van der Waals surface area contributed by atoms with E-state index in [0.717, 1.165) is 18.2 Å². The number of ether oxygens (including phenoxy) is 2. The summed E-state index contributed by atoms with van der Waals surface area (Å²) in [4.78, 5) is 11.4. The molecule has 0 saturated heterocycles. The van der Waals surface area contributed by atoms with Crippen LogP contribution in [0.3, 0.4) is 0 Å². The normalized spacial score (nSPS) is 10.5. The molecule has 0 bridgehead atoms. The van der Waals surface area contributed by atoms with Gasteiger partial charge in [0.1, 0.15) is 18.2 Å². The van der Waals surface area contributed by atoms with Gasteiger partial charge in [-0.3, -0.25) is 4.79 Å². The molecule has 0 saturated carbocycles. The lowest BCUT2D eigenvalue weighted by Gasteiger charge is -2.04. The quantitative estimate of drug-likeness (QED) is 0.685. The summed E-state index contributed by atoms with van der Waals surface area (Å²) in [6, 6.07) is 3.03. The van der Waals surface area contributed by atoms with E-state index in [2.05, 4.69) is 0 Å². The van der Waals surface area contributed by atoms with Crippen LogP contribution in [-0.4, -0.2) is 32.7 Å². The van der Waals surface area contributed by atoms with Gasteiger partial charge in [0.2, 0.25) is 0 Å². The SMILES string of the molecule is COCCOCC(=O)Cc1cc(F)ccc1F. The summed E-state index contributed by atoms with van der Waals surface area (Å²) in [5, 5.41) is 0. The van der Waals surface area contributed by atoms with Crippen LogP contribution in [0.4, 0.5) is 8.78 Å². The summed E-state index contributed by atoms with van der Waals surface area (Å²) in [6.07, 6.45) is -0.170. The summed E-state index contributed by atoms with van der Waals surface area (Å²) >= 11 is 0. The van der Waals surface area contributed by atoms with E-state index in [0.29, 0.717) is 13.2 Å². The van der Waals surface area contributed by atoms with Gasteiger partial charge in [0.25, 0.3) is 0 Å². The molecule has 0 unspecified atom stereocenters. The summed E-state index contributed by atoms with van der Waals surface area (Å²) in [5.74, 6) is -1.45. The molecular weight excluding hydrogens is 230 g/mol. The average Bonchev–Trinajstić information content (AvgIpc) is 2.29. The number of hydrogen-bond donors (Lipinski definition) is 0. The maximum Gasteiger partial charge on any atom is 0.162 e. The predicted molar refractivity (Wildman–Crippen MR) is 57.8 cm³/mol. The average molecular weight is 244 g/mol. The zero-order chi connectivity index (χ0) is 12.7. The molecule has 0 amide bonds. The van der Waals surface area contributed by atoms with E-state index in [1.54, 1.807) is 0 Å². The van der Waals surface area contributed by atoms with Crippen molar-refractivity contribution >= 4 is 5.78 Å². The number of halogens is 2. The van der Waals surface area contributed by atoms with Crippen molar-refractivity contribution in [1.82, 2.24) is 0 Å². The van der Waals surface area contributed by atoms with E-state index in [9.17, 15) is 13.6 Å². The molecule has 0 radical (unpaired) electrons. The summed E-state index contributed by atoms with van der Waals surface area (Å²) in [6.45, 7) is 0.564. The second-order valence-corrected chi connectivity index (χ2v) is 3.50. The Labute approximate surface area is 98.3 Å². The molecule has 1 aromatic rings. The molecule has 1 rings (SSSR count). The first-order valence-electron chi connectivity index (χ1n) is 5.16. The second-order valence-electron chi connectivity index (χ2n) is 3.50. The molecule has 0 atom stereocenters. The molecule has 3 nitrogen and oxygen atoms in total. The fraction of sp³-hybridized carbons (Fsp3) is 0.417. The Morgan fingerprint density at radius 1 is 1.29 bits per heavy atom. The van der Waals surface area contributed by atoms with Gasteiger partial charge in [-0.05, 0) is 23.8 Å². The Morgan fingerprint density at radius 2 is 2.06 bits per heavy atom. The molecule has 1 aromatic carbocycles. The Hall–Kier alpha value is -1.33. The Balaban J connectivity index is 2.42. The van der Waals surface area contributed by atoms with Gasteiger partial charge in [-0.1, -0.05) is 0 Å². The van der Waals surface area contributed by atoms with E-state index in [1.807, 2.05) is 0 Å². The predicted octanol–water partition coefficient (Wildman–Crippen LogP) is 1.74. The molecule has 0 heterocycles. The van der Waals surface area contributed by atoms with Crippen molar-refractivity contribution in [3.05, 3.63) is 35.4 Å². The van der Waals surface area contributed by atoms with Gasteiger partial charge in [0.15, 0.2) is 5.78 Å². The minimum Gasteiger partial charge on any atom is -0.382 e. The van der Waals surface area contributed by atoms with Crippen LogP contribution in [0.25, 0.3) is 0 Å². The maximum absolute atomic E-state index is 13.2. The first-order valence-corrected chi connectivity index (χ1v) is 5.16. The zero-order valence-corrected chi connectivity index (χ0v) is 9.54. The highest BCUT2D eigenvalue weighted by Crippen LogP contribution is 2.10. The number of carbonyl (C=O) groups excluding carboxylic acids is 1. The van der Waals surface area contributed by atoms with Crippen molar-refractivity contribution in [3.63, 3.8) is 0 Å². The largest absolute Gasteiger partial charge is 0.382 e. The van der Waals surface area contributed by atoms with Gasteiger partial charge in [0.05, 0.1) is 13.2 Å². The number of carbonyl (C=O) groups is 1. The number of ketones is 1. The van der Waals surface area contributed by atoms with Crippen molar-refractivity contribution < 1.29 is 23.0 Å². The monoisotopic (exact) mass is 244 g/mol. The van der Waals surface area contributed by atoms with Crippen molar-refractivity contribution in [3.8, 4) is 0 Å². The minimum absolute atomic E-state index is 0.0466. The van der Waals surface area contributed by atoms with Crippen LogP contribution in [-0.2, 0) is 20.7 Å². The molecule has 94 valence electrons. The van der Waals surface area contributed by atoms with Crippen LogP contribution >= 0.6 is 0 Å².